The molecule has 1 fully saturated rings. The van der Waals surface area contributed by atoms with Crippen LogP contribution in [0.25, 0.3) is 0 Å². The van der Waals surface area contributed by atoms with Crippen LogP contribution in [0.4, 0.5) is 0 Å². The Kier molecular flexibility index (Phi) is 5.16. The molecule has 1 saturated heterocycles. The van der Waals surface area contributed by atoms with Gasteiger partial charge in [-0.2, -0.15) is 0 Å². The van der Waals surface area contributed by atoms with Crippen molar-refractivity contribution in [2.45, 2.75) is 19.9 Å². The van der Waals surface area contributed by atoms with Crippen LogP contribution in [0.5, 0.6) is 0 Å². The maximum absolute atomic E-state index is 5.55. The summed E-state index contributed by atoms with van der Waals surface area (Å²) in [6.07, 6.45) is 2.73. The Morgan fingerprint density at radius 3 is 2.78 bits per heavy atom. The third-order valence-electron chi connectivity index (χ3n) is 3.43. The van der Waals surface area contributed by atoms with Crippen LogP contribution in [0, 0.1) is 0 Å². The number of hydrogen-bond acceptors (Lipinski definition) is 5. The smallest absolute Gasteiger partial charge is 0.208 e. The lowest BCUT2D eigenvalue weighted by Crippen LogP contribution is -2.46. The van der Waals surface area contributed by atoms with Crippen molar-refractivity contribution in [1.82, 2.24) is 20.1 Å². The minimum atomic E-state index is 0.730. The number of aryl methyl sites for hydroxylation is 1. The van der Waals surface area contributed by atoms with Gasteiger partial charge in [0.05, 0.1) is 12.7 Å². The molecule has 0 amide bonds. The molecule has 0 atom stereocenters. The minimum absolute atomic E-state index is 0.730. The van der Waals surface area contributed by atoms with Crippen molar-refractivity contribution in [2.75, 3.05) is 46.3 Å². The molecule has 0 unspecified atom stereocenters. The quantitative estimate of drug-likeness (QED) is 0.750. The highest BCUT2D eigenvalue weighted by Gasteiger charge is 2.12. The molecule has 0 aromatic carbocycles. The fourth-order valence-corrected chi connectivity index (χ4v) is 2.10. The standard InChI is InChI=1S/C13H24N4O/c1-3-12-10-15-13(18-12)11-14-4-5-17-8-6-16(2)7-9-17/h10,14H,3-9,11H2,1-2H3. The molecule has 1 aromatic rings. The second-order valence-electron chi connectivity index (χ2n) is 4.90. The fraction of sp³-hybridized carbons (Fsp3) is 0.769. The molecule has 18 heavy (non-hydrogen) atoms. The highest BCUT2D eigenvalue weighted by Crippen LogP contribution is 2.03. The highest BCUT2D eigenvalue weighted by molar-refractivity contribution is 4.93. The molecule has 102 valence electrons. The first-order valence-electron chi connectivity index (χ1n) is 6.83. The van der Waals surface area contributed by atoms with Crippen molar-refractivity contribution in [3.8, 4) is 0 Å². The van der Waals surface area contributed by atoms with Gasteiger partial charge >= 0.3 is 0 Å². The van der Waals surface area contributed by atoms with Crippen molar-refractivity contribution >= 4 is 0 Å². The number of nitrogens with one attached hydrogen (secondary N) is 1. The first kappa shape index (κ1) is 13.5. The number of oxazole rings is 1. The zero-order valence-corrected chi connectivity index (χ0v) is 11.5. The van der Waals surface area contributed by atoms with Crippen molar-refractivity contribution in [3.05, 3.63) is 17.8 Å². The van der Waals surface area contributed by atoms with E-state index >= 15 is 0 Å². The van der Waals surface area contributed by atoms with Gasteiger partial charge in [-0.25, -0.2) is 4.98 Å². The van der Waals surface area contributed by atoms with E-state index in [0.717, 1.165) is 37.7 Å². The molecule has 1 aromatic heterocycles. The van der Waals surface area contributed by atoms with Crippen LogP contribution in [0.2, 0.25) is 0 Å². The summed E-state index contributed by atoms with van der Waals surface area (Å²) in [6, 6.07) is 0. The molecule has 0 radical (unpaired) electrons. The molecule has 2 heterocycles. The van der Waals surface area contributed by atoms with Crippen LogP contribution < -0.4 is 5.32 Å². The molecular weight excluding hydrogens is 228 g/mol. The van der Waals surface area contributed by atoms with Crippen molar-refractivity contribution in [1.29, 1.82) is 0 Å². The number of likely N-dealkylation sites (N-methyl/N-ethyl adjacent to an activating group) is 1. The largest absolute Gasteiger partial charge is 0.444 e. The van der Waals surface area contributed by atoms with Gasteiger partial charge in [0.25, 0.3) is 0 Å². The van der Waals surface area contributed by atoms with Gasteiger partial charge in [-0.05, 0) is 7.05 Å². The van der Waals surface area contributed by atoms with Gasteiger partial charge in [-0.1, -0.05) is 6.92 Å². The first-order chi connectivity index (χ1) is 8.78. The van der Waals surface area contributed by atoms with E-state index < -0.39 is 0 Å². The average Bonchev–Trinajstić information content (AvgIpc) is 2.85. The summed E-state index contributed by atoms with van der Waals surface area (Å²) in [5.41, 5.74) is 0. The van der Waals surface area contributed by atoms with Gasteiger partial charge in [0, 0.05) is 45.7 Å². The normalized spacial score (nSPS) is 18.3. The molecule has 1 aliphatic rings. The Hall–Kier alpha value is -0.910. The molecule has 0 saturated carbocycles. The molecule has 0 aliphatic carbocycles. The van der Waals surface area contributed by atoms with E-state index in [1.807, 2.05) is 6.20 Å². The van der Waals surface area contributed by atoms with Crippen LogP contribution in [-0.4, -0.2) is 61.1 Å². The Bertz CT molecular complexity index is 345. The third kappa shape index (κ3) is 4.08. The summed E-state index contributed by atoms with van der Waals surface area (Å²) in [5.74, 6) is 1.76. The number of hydrogen-bond donors (Lipinski definition) is 1. The molecule has 5 nitrogen and oxygen atoms in total. The summed E-state index contributed by atoms with van der Waals surface area (Å²) >= 11 is 0. The monoisotopic (exact) mass is 252 g/mol. The van der Waals surface area contributed by atoms with Gasteiger partial charge < -0.3 is 14.6 Å². The lowest BCUT2D eigenvalue weighted by molar-refractivity contribution is 0.154. The lowest BCUT2D eigenvalue weighted by atomic mass is 10.3. The van der Waals surface area contributed by atoms with Crippen LogP contribution in [-0.2, 0) is 13.0 Å². The Morgan fingerprint density at radius 2 is 2.11 bits per heavy atom. The SMILES string of the molecule is CCc1cnc(CNCCN2CCN(C)CC2)o1. The van der Waals surface area contributed by atoms with E-state index in [-0.39, 0.29) is 0 Å². The summed E-state index contributed by atoms with van der Waals surface area (Å²) in [6.45, 7) is 9.62. The average molecular weight is 252 g/mol. The summed E-state index contributed by atoms with van der Waals surface area (Å²) in [5, 5.41) is 3.39. The molecule has 5 heteroatoms. The van der Waals surface area contributed by atoms with E-state index in [9.17, 15) is 0 Å². The molecular formula is C13H24N4O. The summed E-state index contributed by atoms with van der Waals surface area (Å²) in [4.78, 5) is 9.11. The van der Waals surface area contributed by atoms with Gasteiger partial charge in [-0.15, -0.1) is 0 Å². The number of nitrogens with zero attached hydrogens (tertiary/aromatic N) is 3. The second kappa shape index (κ2) is 6.87. The van der Waals surface area contributed by atoms with E-state index in [1.165, 1.54) is 26.2 Å². The minimum Gasteiger partial charge on any atom is -0.444 e. The molecule has 0 spiro atoms. The Labute approximate surface area is 109 Å². The van der Waals surface area contributed by atoms with Crippen molar-refractivity contribution < 1.29 is 4.42 Å². The highest BCUT2D eigenvalue weighted by atomic mass is 16.4. The number of aromatic nitrogens is 1. The second-order valence-corrected chi connectivity index (χ2v) is 4.90. The predicted octanol–water partition coefficient (Wildman–Crippen LogP) is 0.574. The van der Waals surface area contributed by atoms with Crippen molar-refractivity contribution in [3.63, 3.8) is 0 Å². The zero-order valence-electron chi connectivity index (χ0n) is 11.5. The summed E-state index contributed by atoms with van der Waals surface area (Å²) < 4.78 is 5.55. The van der Waals surface area contributed by atoms with E-state index in [1.54, 1.807) is 0 Å². The topological polar surface area (TPSA) is 44.5 Å². The Balaban J connectivity index is 1.58. The van der Waals surface area contributed by atoms with Gasteiger partial charge in [0.1, 0.15) is 5.76 Å². The number of rotatable bonds is 6. The Morgan fingerprint density at radius 1 is 1.33 bits per heavy atom. The zero-order chi connectivity index (χ0) is 12.8. The summed E-state index contributed by atoms with van der Waals surface area (Å²) in [7, 11) is 2.18. The molecule has 1 aliphatic heterocycles. The van der Waals surface area contributed by atoms with Crippen LogP contribution in [0.1, 0.15) is 18.6 Å². The van der Waals surface area contributed by atoms with Gasteiger partial charge in [0.15, 0.2) is 0 Å². The van der Waals surface area contributed by atoms with E-state index in [4.69, 9.17) is 4.42 Å². The lowest BCUT2D eigenvalue weighted by Gasteiger charge is -2.32. The van der Waals surface area contributed by atoms with Gasteiger partial charge in [-0.3, -0.25) is 4.90 Å². The predicted molar refractivity (Wildman–Crippen MR) is 71.5 cm³/mol. The van der Waals surface area contributed by atoms with Gasteiger partial charge in [0.2, 0.25) is 5.89 Å². The first-order valence-corrected chi connectivity index (χ1v) is 6.83. The van der Waals surface area contributed by atoms with Crippen LogP contribution >= 0.6 is 0 Å². The maximum atomic E-state index is 5.55. The van der Waals surface area contributed by atoms with Crippen molar-refractivity contribution in [2.24, 2.45) is 0 Å². The fourth-order valence-electron chi connectivity index (χ4n) is 2.10. The molecule has 1 N–H and O–H groups in total. The van der Waals surface area contributed by atoms with E-state index in [2.05, 4.69) is 34.1 Å². The van der Waals surface area contributed by atoms with E-state index in [0.29, 0.717) is 0 Å². The maximum Gasteiger partial charge on any atom is 0.208 e. The molecule has 0 bridgehead atoms. The van der Waals surface area contributed by atoms with Crippen LogP contribution in [0.15, 0.2) is 10.6 Å². The van der Waals surface area contributed by atoms with Crippen LogP contribution in [0.3, 0.4) is 0 Å². The molecule has 2 rings (SSSR count). The third-order valence-corrected chi connectivity index (χ3v) is 3.43. The number of piperazine rings is 1.